The molecule has 0 aliphatic carbocycles. The van der Waals surface area contributed by atoms with E-state index in [9.17, 15) is 13.2 Å². The van der Waals surface area contributed by atoms with Gasteiger partial charge >= 0.3 is 0 Å². The van der Waals surface area contributed by atoms with Gasteiger partial charge in [-0.15, -0.1) is 0 Å². The molecule has 1 rings (SSSR count). The summed E-state index contributed by atoms with van der Waals surface area (Å²) < 4.78 is 25.7. The van der Waals surface area contributed by atoms with E-state index in [1.54, 1.807) is 6.92 Å². The number of hydrogen-bond donors (Lipinski definition) is 3. The fraction of sp³-hybridized carbons (Fsp3) is 0.556. The first kappa shape index (κ1) is 13.7. The SMILES string of the molecule is CCCNC(=O)CNS(=O)(=O)c1cn[nH]c1C. The van der Waals surface area contributed by atoms with E-state index in [-0.39, 0.29) is 17.3 Å². The molecule has 0 aliphatic rings. The summed E-state index contributed by atoms with van der Waals surface area (Å²) in [5.74, 6) is -0.350. The van der Waals surface area contributed by atoms with E-state index in [1.165, 1.54) is 6.20 Å². The molecule has 8 heteroatoms. The van der Waals surface area contributed by atoms with Crippen LogP contribution in [0.25, 0.3) is 0 Å². The zero-order valence-electron chi connectivity index (χ0n) is 9.78. The average molecular weight is 260 g/mol. The number of amides is 1. The van der Waals surface area contributed by atoms with Crippen LogP contribution in [0.1, 0.15) is 19.0 Å². The molecule has 0 saturated heterocycles. The molecule has 17 heavy (non-hydrogen) atoms. The molecule has 0 aromatic carbocycles. The van der Waals surface area contributed by atoms with Crippen LogP contribution in [0.4, 0.5) is 0 Å². The molecule has 1 heterocycles. The van der Waals surface area contributed by atoms with Gasteiger partial charge in [0, 0.05) is 6.54 Å². The minimum absolute atomic E-state index is 0.0563. The summed E-state index contributed by atoms with van der Waals surface area (Å²) >= 11 is 0. The Morgan fingerprint density at radius 2 is 2.24 bits per heavy atom. The van der Waals surface area contributed by atoms with Crippen LogP contribution < -0.4 is 10.0 Å². The molecule has 0 unspecified atom stereocenters. The van der Waals surface area contributed by atoms with Crippen molar-refractivity contribution >= 4 is 15.9 Å². The van der Waals surface area contributed by atoms with Gasteiger partial charge in [0.25, 0.3) is 0 Å². The first-order valence-corrected chi connectivity index (χ1v) is 6.72. The molecule has 0 radical (unpaired) electrons. The number of H-pyrrole nitrogens is 1. The minimum Gasteiger partial charge on any atom is -0.355 e. The first-order valence-electron chi connectivity index (χ1n) is 5.23. The van der Waals surface area contributed by atoms with Gasteiger partial charge in [-0.3, -0.25) is 9.89 Å². The maximum absolute atomic E-state index is 11.7. The van der Waals surface area contributed by atoms with Crippen LogP contribution in [0, 0.1) is 6.92 Å². The van der Waals surface area contributed by atoms with Crippen LogP contribution in [-0.4, -0.2) is 37.6 Å². The van der Waals surface area contributed by atoms with Crippen molar-refractivity contribution in [3.05, 3.63) is 11.9 Å². The number of nitrogens with zero attached hydrogens (tertiary/aromatic N) is 1. The lowest BCUT2D eigenvalue weighted by atomic mass is 10.5. The van der Waals surface area contributed by atoms with Crippen molar-refractivity contribution in [3.63, 3.8) is 0 Å². The summed E-state index contributed by atoms with van der Waals surface area (Å²) in [5.41, 5.74) is 0.437. The third-order valence-corrected chi connectivity index (χ3v) is 3.58. The number of carbonyl (C=O) groups is 1. The smallest absolute Gasteiger partial charge is 0.244 e. The number of aromatic nitrogens is 2. The van der Waals surface area contributed by atoms with Crippen molar-refractivity contribution in [2.45, 2.75) is 25.2 Å². The van der Waals surface area contributed by atoms with Crippen molar-refractivity contribution in [3.8, 4) is 0 Å². The van der Waals surface area contributed by atoms with Gasteiger partial charge in [-0.25, -0.2) is 13.1 Å². The number of aryl methyl sites for hydroxylation is 1. The van der Waals surface area contributed by atoms with Crippen LogP contribution in [0.2, 0.25) is 0 Å². The maximum atomic E-state index is 11.7. The second kappa shape index (κ2) is 5.78. The van der Waals surface area contributed by atoms with Gasteiger partial charge in [-0.05, 0) is 13.3 Å². The summed E-state index contributed by atoms with van der Waals surface area (Å²) in [6, 6.07) is 0. The van der Waals surface area contributed by atoms with Crippen LogP contribution in [0.3, 0.4) is 0 Å². The molecule has 96 valence electrons. The van der Waals surface area contributed by atoms with Gasteiger partial charge in [-0.2, -0.15) is 5.10 Å². The summed E-state index contributed by atoms with van der Waals surface area (Å²) in [7, 11) is -3.67. The van der Waals surface area contributed by atoms with Crippen molar-refractivity contribution in [2.75, 3.05) is 13.1 Å². The summed E-state index contributed by atoms with van der Waals surface area (Å²) in [5, 5.41) is 8.72. The van der Waals surface area contributed by atoms with E-state index < -0.39 is 10.0 Å². The van der Waals surface area contributed by atoms with Crippen LogP contribution in [0.15, 0.2) is 11.1 Å². The fourth-order valence-corrected chi connectivity index (χ4v) is 2.29. The monoisotopic (exact) mass is 260 g/mol. The Morgan fingerprint density at radius 3 is 2.76 bits per heavy atom. The number of hydrogen-bond acceptors (Lipinski definition) is 4. The van der Waals surface area contributed by atoms with Gasteiger partial charge in [0.2, 0.25) is 15.9 Å². The first-order chi connectivity index (χ1) is 7.97. The lowest BCUT2D eigenvalue weighted by Gasteiger charge is -2.06. The molecule has 0 bridgehead atoms. The van der Waals surface area contributed by atoms with Gasteiger partial charge in [0.1, 0.15) is 4.90 Å². The van der Waals surface area contributed by atoms with Crippen molar-refractivity contribution < 1.29 is 13.2 Å². The molecule has 1 amide bonds. The standard InChI is InChI=1S/C9H16N4O3S/c1-3-4-10-9(14)6-12-17(15,16)8-5-11-13-7(8)2/h5,12H,3-4,6H2,1-2H3,(H,10,14)(H,11,13). The molecule has 7 nitrogen and oxygen atoms in total. The van der Waals surface area contributed by atoms with Crippen LogP contribution >= 0.6 is 0 Å². The topological polar surface area (TPSA) is 104 Å². The predicted molar refractivity (Wildman–Crippen MR) is 61.8 cm³/mol. The Bertz CT molecular complexity index is 480. The third-order valence-electron chi connectivity index (χ3n) is 2.07. The Labute approximate surface area is 100 Å². The number of aromatic amines is 1. The number of sulfonamides is 1. The molecule has 0 fully saturated rings. The number of nitrogens with one attached hydrogen (secondary N) is 3. The van der Waals surface area contributed by atoms with Gasteiger partial charge in [0.05, 0.1) is 18.4 Å². The lowest BCUT2D eigenvalue weighted by molar-refractivity contribution is -0.119. The maximum Gasteiger partial charge on any atom is 0.244 e. The van der Waals surface area contributed by atoms with Crippen LogP contribution in [-0.2, 0) is 14.8 Å². The van der Waals surface area contributed by atoms with Crippen molar-refractivity contribution in [2.24, 2.45) is 0 Å². The van der Waals surface area contributed by atoms with Gasteiger partial charge < -0.3 is 5.32 Å². The largest absolute Gasteiger partial charge is 0.355 e. The third kappa shape index (κ3) is 3.82. The summed E-state index contributed by atoms with van der Waals surface area (Å²) in [6.07, 6.45) is 2.01. The second-order valence-corrected chi connectivity index (χ2v) is 5.27. The highest BCUT2D eigenvalue weighted by atomic mass is 32.2. The summed E-state index contributed by atoms with van der Waals surface area (Å²) in [4.78, 5) is 11.3. The number of carbonyl (C=O) groups excluding carboxylic acids is 1. The van der Waals surface area contributed by atoms with E-state index in [2.05, 4.69) is 20.2 Å². The Hall–Kier alpha value is -1.41. The van der Waals surface area contributed by atoms with Gasteiger partial charge in [-0.1, -0.05) is 6.92 Å². The van der Waals surface area contributed by atoms with E-state index >= 15 is 0 Å². The van der Waals surface area contributed by atoms with E-state index in [1.807, 2.05) is 6.92 Å². The second-order valence-electron chi connectivity index (χ2n) is 3.53. The van der Waals surface area contributed by atoms with Gasteiger partial charge in [0.15, 0.2) is 0 Å². The highest BCUT2D eigenvalue weighted by Gasteiger charge is 2.19. The summed E-state index contributed by atoms with van der Waals surface area (Å²) in [6.45, 7) is 3.77. The normalized spacial score (nSPS) is 11.4. The molecule has 0 spiro atoms. The molecule has 0 saturated carbocycles. The Kier molecular flexibility index (Phi) is 4.64. The highest BCUT2D eigenvalue weighted by Crippen LogP contribution is 2.09. The van der Waals surface area contributed by atoms with E-state index in [4.69, 9.17) is 0 Å². The molecule has 0 atom stereocenters. The van der Waals surface area contributed by atoms with Crippen LogP contribution in [0.5, 0.6) is 0 Å². The average Bonchev–Trinajstić information content (AvgIpc) is 2.71. The quantitative estimate of drug-likeness (QED) is 0.642. The fourth-order valence-electron chi connectivity index (χ4n) is 1.18. The molecule has 0 aliphatic heterocycles. The lowest BCUT2D eigenvalue weighted by Crippen LogP contribution is -2.37. The Morgan fingerprint density at radius 1 is 1.53 bits per heavy atom. The minimum atomic E-state index is -3.67. The molecular weight excluding hydrogens is 244 g/mol. The number of rotatable bonds is 6. The highest BCUT2D eigenvalue weighted by molar-refractivity contribution is 7.89. The van der Waals surface area contributed by atoms with Crippen molar-refractivity contribution in [1.29, 1.82) is 0 Å². The van der Waals surface area contributed by atoms with E-state index in [0.29, 0.717) is 12.2 Å². The van der Waals surface area contributed by atoms with E-state index in [0.717, 1.165) is 6.42 Å². The molecular formula is C9H16N4O3S. The molecule has 3 N–H and O–H groups in total. The zero-order chi connectivity index (χ0) is 12.9. The molecule has 1 aromatic rings. The van der Waals surface area contributed by atoms with Crippen molar-refractivity contribution in [1.82, 2.24) is 20.2 Å². The Balaban J connectivity index is 2.57. The zero-order valence-corrected chi connectivity index (χ0v) is 10.6. The predicted octanol–water partition coefficient (Wildman–Crippen LogP) is -0.477. The molecule has 1 aromatic heterocycles.